The van der Waals surface area contributed by atoms with Crippen LogP contribution in [0.1, 0.15) is 41.3 Å². The highest BCUT2D eigenvalue weighted by Crippen LogP contribution is 2.22. The van der Waals surface area contributed by atoms with Crippen LogP contribution in [0.2, 0.25) is 10.0 Å². The number of amides is 1. The Balaban J connectivity index is 2.03. The Morgan fingerprint density at radius 1 is 1.12 bits per heavy atom. The van der Waals surface area contributed by atoms with E-state index in [0.29, 0.717) is 41.1 Å². The summed E-state index contributed by atoms with van der Waals surface area (Å²) in [7, 11) is 1.60. The van der Waals surface area contributed by atoms with Crippen LogP contribution in [0, 0.1) is 0 Å². The van der Waals surface area contributed by atoms with Crippen molar-refractivity contribution in [3.05, 3.63) is 63.1 Å². The molecular weight excluding hydrogens is 373 g/mol. The standard InChI is InChI=1S/C20H23Cl2NO3/c1-3-4-9-26-13-16-10-14(6-8-19(16)25-2)20(24)23-12-15-5-7-17(21)11-18(15)22/h5-8,10-11H,3-4,9,12-13H2,1-2H3,(H,23,24). The van der Waals surface area contributed by atoms with Crippen molar-refractivity contribution in [1.29, 1.82) is 0 Å². The normalized spacial score (nSPS) is 10.6. The van der Waals surface area contributed by atoms with Gasteiger partial charge in [0.25, 0.3) is 5.91 Å². The lowest BCUT2D eigenvalue weighted by atomic mass is 10.1. The third kappa shape index (κ3) is 5.90. The highest BCUT2D eigenvalue weighted by atomic mass is 35.5. The van der Waals surface area contributed by atoms with Crippen LogP contribution in [0.25, 0.3) is 0 Å². The predicted octanol–water partition coefficient (Wildman–Crippen LogP) is 5.25. The van der Waals surface area contributed by atoms with Crippen molar-refractivity contribution < 1.29 is 14.3 Å². The average molecular weight is 396 g/mol. The molecule has 0 aliphatic heterocycles. The van der Waals surface area contributed by atoms with E-state index in [2.05, 4.69) is 12.2 Å². The zero-order valence-electron chi connectivity index (χ0n) is 15.0. The van der Waals surface area contributed by atoms with Gasteiger partial charge in [0.1, 0.15) is 5.75 Å². The predicted molar refractivity (Wildman–Crippen MR) is 105 cm³/mol. The van der Waals surface area contributed by atoms with E-state index in [4.69, 9.17) is 32.7 Å². The van der Waals surface area contributed by atoms with Gasteiger partial charge in [-0.15, -0.1) is 0 Å². The number of methoxy groups -OCH3 is 1. The number of unbranched alkanes of at least 4 members (excludes halogenated alkanes) is 1. The molecule has 2 aromatic carbocycles. The van der Waals surface area contributed by atoms with Crippen LogP contribution < -0.4 is 10.1 Å². The highest BCUT2D eigenvalue weighted by molar-refractivity contribution is 6.35. The van der Waals surface area contributed by atoms with Gasteiger partial charge in [0.05, 0.1) is 13.7 Å². The Kier molecular flexibility index (Phi) is 8.23. The third-order valence-electron chi connectivity index (χ3n) is 3.90. The van der Waals surface area contributed by atoms with Gasteiger partial charge in [-0.3, -0.25) is 4.79 Å². The molecule has 140 valence electrons. The van der Waals surface area contributed by atoms with E-state index in [1.165, 1.54) is 0 Å². The summed E-state index contributed by atoms with van der Waals surface area (Å²) in [6, 6.07) is 10.5. The highest BCUT2D eigenvalue weighted by Gasteiger charge is 2.11. The molecule has 6 heteroatoms. The number of benzene rings is 2. The van der Waals surface area contributed by atoms with Gasteiger partial charge in [0.15, 0.2) is 0 Å². The van der Waals surface area contributed by atoms with Crippen molar-refractivity contribution in [1.82, 2.24) is 5.32 Å². The van der Waals surface area contributed by atoms with Crippen LogP contribution in [-0.2, 0) is 17.9 Å². The van der Waals surface area contributed by atoms with E-state index < -0.39 is 0 Å². The van der Waals surface area contributed by atoms with Crippen molar-refractivity contribution in [2.75, 3.05) is 13.7 Å². The summed E-state index contributed by atoms with van der Waals surface area (Å²) in [6.07, 6.45) is 2.08. The number of nitrogens with one attached hydrogen (secondary N) is 1. The topological polar surface area (TPSA) is 47.6 Å². The molecule has 0 saturated carbocycles. The van der Waals surface area contributed by atoms with Gasteiger partial charge in [-0.25, -0.2) is 0 Å². The summed E-state index contributed by atoms with van der Waals surface area (Å²) in [5.74, 6) is 0.521. The maximum absolute atomic E-state index is 12.5. The summed E-state index contributed by atoms with van der Waals surface area (Å²) < 4.78 is 11.0. The molecule has 26 heavy (non-hydrogen) atoms. The molecule has 0 saturated heterocycles. The molecule has 0 aromatic heterocycles. The van der Waals surface area contributed by atoms with Crippen LogP contribution in [0.5, 0.6) is 5.75 Å². The molecule has 0 fully saturated rings. The summed E-state index contributed by atoms with van der Waals surface area (Å²) >= 11 is 12.0. The molecule has 4 nitrogen and oxygen atoms in total. The fourth-order valence-electron chi connectivity index (χ4n) is 2.40. The second-order valence-corrected chi connectivity index (χ2v) is 6.69. The quantitative estimate of drug-likeness (QED) is 0.589. The van der Waals surface area contributed by atoms with E-state index in [0.717, 1.165) is 24.0 Å². The molecule has 0 aliphatic carbocycles. The van der Waals surface area contributed by atoms with Gasteiger partial charge in [-0.2, -0.15) is 0 Å². The summed E-state index contributed by atoms with van der Waals surface area (Å²) in [6.45, 7) is 3.53. The first kappa shape index (κ1) is 20.6. The van der Waals surface area contributed by atoms with Gasteiger partial charge in [0, 0.05) is 34.3 Å². The zero-order valence-corrected chi connectivity index (χ0v) is 16.5. The van der Waals surface area contributed by atoms with E-state index in [-0.39, 0.29) is 5.91 Å². The lowest BCUT2D eigenvalue weighted by Crippen LogP contribution is -2.23. The fourth-order valence-corrected chi connectivity index (χ4v) is 2.88. The van der Waals surface area contributed by atoms with E-state index >= 15 is 0 Å². The molecule has 0 aliphatic rings. The zero-order chi connectivity index (χ0) is 18.9. The van der Waals surface area contributed by atoms with Gasteiger partial charge >= 0.3 is 0 Å². The molecule has 0 radical (unpaired) electrons. The Morgan fingerprint density at radius 2 is 1.92 bits per heavy atom. The molecule has 0 atom stereocenters. The van der Waals surface area contributed by atoms with Gasteiger partial charge < -0.3 is 14.8 Å². The third-order valence-corrected chi connectivity index (χ3v) is 4.48. The molecule has 1 N–H and O–H groups in total. The number of ether oxygens (including phenoxy) is 2. The van der Waals surface area contributed by atoms with Gasteiger partial charge in [-0.1, -0.05) is 42.6 Å². The molecule has 0 spiro atoms. The minimum Gasteiger partial charge on any atom is -0.496 e. The second-order valence-electron chi connectivity index (χ2n) is 5.85. The summed E-state index contributed by atoms with van der Waals surface area (Å²) in [5, 5.41) is 3.96. The molecule has 0 bridgehead atoms. The smallest absolute Gasteiger partial charge is 0.251 e. The van der Waals surface area contributed by atoms with Crippen molar-refractivity contribution >= 4 is 29.1 Å². The lowest BCUT2D eigenvalue weighted by molar-refractivity contribution is 0.0949. The maximum Gasteiger partial charge on any atom is 0.251 e. The number of hydrogen-bond donors (Lipinski definition) is 1. The van der Waals surface area contributed by atoms with Gasteiger partial charge in [-0.05, 0) is 42.3 Å². The first-order valence-electron chi connectivity index (χ1n) is 8.52. The summed E-state index contributed by atoms with van der Waals surface area (Å²) in [5.41, 5.74) is 2.20. The average Bonchev–Trinajstić information content (AvgIpc) is 2.64. The molecule has 2 rings (SSSR count). The Labute approximate surface area is 164 Å². The number of halogens is 2. The van der Waals surface area contributed by atoms with Crippen LogP contribution in [-0.4, -0.2) is 19.6 Å². The first-order chi connectivity index (χ1) is 12.5. The minimum atomic E-state index is -0.187. The number of rotatable bonds is 9. The number of carbonyl (C=O) groups is 1. The second kappa shape index (κ2) is 10.4. The number of hydrogen-bond acceptors (Lipinski definition) is 3. The molecule has 1 amide bonds. The lowest BCUT2D eigenvalue weighted by Gasteiger charge is -2.12. The van der Waals surface area contributed by atoms with E-state index in [1.54, 1.807) is 43.5 Å². The minimum absolute atomic E-state index is 0.187. The fraction of sp³-hybridized carbons (Fsp3) is 0.350. The SMILES string of the molecule is CCCCOCc1cc(C(=O)NCc2ccc(Cl)cc2Cl)ccc1OC. The first-order valence-corrected chi connectivity index (χ1v) is 9.27. The Hall–Kier alpha value is -1.75. The summed E-state index contributed by atoms with van der Waals surface area (Å²) in [4.78, 5) is 12.5. The van der Waals surface area contributed by atoms with Crippen LogP contribution in [0.3, 0.4) is 0 Å². The van der Waals surface area contributed by atoms with Crippen molar-refractivity contribution in [2.24, 2.45) is 0 Å². The number of carbonyl (C=O) groups excluding carboxylic acids is 1. The maximum atomic E-state index is 12.5. The van der Waals surface area contributed by atoms with E-state index in [9.17, 15) is 4.79 Å². The van der Waals surface area contributed by atoms with Gasteiger partial charge in [0.2, 0.25) is 0 Å². The van der Waals surface area contributed by atoms with Crippen molar-refractivity contribution in [2.45, 2.75) is 32.9 Å². The van der Waals surface area contributed by atoms with E-state index in [1.807, 2.05) is 0 Å². The molecular formula is C20H23Cl2NO3. The molecule has 0 unspecified atom stereocenters. The van der Waals surface area contributed by atoms with Crippen molar-refractivity contribution in [3.8, 4) is 5.75 Å². The monoisotopic (exact) mass is 395 g/mol. The molecule has 0 heterocycles. The van der Waals surface area contributed by atoms with Crippen molar-refractivity contribution in [3.63, 3.8) is 0 Å². The Bertz CT molecular complexity index is 750. The van der Waals surface area contributed by atoms with Crippen LogP contribution >= 0.6 is 23.2 Å². The van der Waals surface area contributed by atoms with Crippen LogP contribution in [0.4, 0.5) is 0 Å². The van der Waals surface area contributed by atoms with Crippen LogP contribution in [0.15, 0.2) is 36.4 Å². The Morgan fingerprint density at radius 3 is 2.62 bits per heavy atom. The largest absolute Gasteiger partial charge is 0.496 e. The molecule has 2 aromatic rings.